The fourth-order valence-electron chi connectivity index (χ4n) is 17.6. The van der Waals surface area contributed by atoms with Crippen molar-refractivity contribution in [3.8, 4) is 63.9 Å². The van der Waals surface area contributed by atoms with E-state index < -0.39 is 42.5 Å². The lowest BCUT2D eigenvalue weighted by molar-refractivity contribution is -0.123. The molecule has 103 heavy (non-hydrogen) atoms. The van der Waals surface area contributed by atoms with Crippen LogP contribution in [0.1, 0.15) is 128 Å². The maximum atomic E-state index is 13.5. The number of aryl methyl sites for hydroxylation is 4. The third kappa shape index (κ3) is 13.1. The normalized spacial score (nSPS) is 22.6. The highest BCUT2D eigenvalue weighted by molar-refractivity contribution is 5.78. The number of nitrogens with one attached hydrogen (secondary N) is 2. The van der Waals surface area contributed by atoms with Crippen LogP contribution in [0.3, 0.4) is 0 Å². The lowest BCUT2D eigenvalue weighted by Crippen LogP contribution is -2.69. The van der Waals surface area contributed by atoms with Crippen LogP contribution in [-0.4, -0.2) is 153 Å². The lowest BCUT2D eigenvalue weighted by Gasteiger charge is -2.60. The van der Waals surface area contributed by atoms with Gasteiger partial charge in [-0.2, -0.15) is 10.5 Å². The third-order valence-corrected chi connectivity index (χ3v) is 21.8. The Labute approximate surface area is 601 Å². The van der Waals surface area contributed by atoms with Crippen LogP contribution < -0.4 is 48.5 Å². The number of hydrogen-bond acceptors (Lipinski definition) is 21. The molecule has 2 fully saturated rings. The van der Waals surface area contributed by atoms with Gasteiger partial charge in [-0.25, -0.2) is 9.59 Å². The molecule has 8 aliphatic rings. The van der Waals surface area contributed by atoms with Crippen LogP contribution in [0.4, 0.5) is 9.59 Å². The Morgan fingerprint density at radius 2 is 0.971 bits per heavy atom. The molecule has 2 amide bonds. The zero-order valence-corrected chi connectivity index (χ0v) is 59.0. The van der Waals surface area contributed by atoms with Crippen LogP contribution in [0.15, 0.2) is 98.1 Å². The van der Waals surface area contributed by atoms with Crippen molar-refractivity contribution in [1.29, 1.82) is 10.5 Å². The summed E-state index contributed by atoms with van der Waals surface area (Å²) in [6, 6.07) is 25.5. The van der Waals surface area contributed by atoms with Crippen molar-refractivity contribution >= 4 is 24.1 Å². The van der Waals surface area contributed by atoms with Crippen molar-refractivity contribution in [3.63, 3.8) is 0 Å². The fourth-order valence-corrected chi connectivity index (χ4v) is 17.6. The molecule has 3 N–H and O–H groups in total. The van der Waals surface area contributed by atoms with Gasteiger partial charge >= 0.3 is 12.3 Å². The number of amides is 2. The van der Waals surface area contributed by atoms with E-state index in [0.717, 1.165) is 55.8 Å². The molecular formula is C80H90N8O15. The molecule has 8 heterocycles. The second-order valence-corrected chi connectivity index (χ2v) is 27.3. The number of likely N-dealkylation sites (N-methyl/N-ethyl adjacent to an activating group) is 2. The minimum absolute atomic E-state index is 0. The number of benzene rings is 6. The standard InChI is InChI=1S/C40H44N4O7.C39H42N4O8.CH4/c1-7-15-48-40(46)51-37-24(4)38-39(50-21-49-38)34-27(37)18-29-35-33-23(3)36(47-6)22(2)16-26(33)17-28(43(35)5)30(19-41)44(29)31(34)20-42-32(45)14-13-25-11-9-8-10-12-25;1-6-14-48-39(46)51-36-22(3)37-38(50-20-49-37)32-25(36)17-27-33-31-24(15-21(2)35(47-5)34(31)45)16-26(42(33)4)28(18-40)43(27)29(32)19-41-30(44)13-12-23-10-8-7-9-11-23;/h7-12,16,28-31,35H,1,13-15,17-18,20-21H2,2-6H3,(H,42,45);6-11,15,26-29,33,45H,1,12-14,16-17,19-20H2,2-5H3,(H,41,44);1H4/t28-,29?,30-,31-,35-;26-,27?,28-,29-,33-;/m00./s1. The van der Waals surface area contributed by atoms with Crippen molar-refractivity contribution in [1.82, 2.24) is 30.2 Å². The molecule has 6 aromatic rings. The summed E-state index contributed by atoms with van der Waals surface area (Å²) in [7, 11) is 7.31. The Morgan fingerprint density at radius 1 is 0.563 bits per heavy atom. The molecule has 8 aliphatic heterocycles. The van der Waals surface area contributed by atoms with E-state index in [4.69, 9.17) is 47.4 Å². The molecule has 6 aromatic carbocycles. The first-order chi connectivity index (χ1) is 49.4. The van der Waals surface area contributed by atoms with Gasteiger partial charge in [-0.3, -0.25) is 29.2 Å². The Bertz CT molecular complexity index is 4120. The topological polar surface area (TPSA) is 265 Å². The molecule has 23 nitrogen and oxygen atoms in total. The summed E-state index contributed by atoms with van der Waals surface area (Å²) in [4.78, 5) is 61.9. The highest BCUT2D eigenvalue weighted by atomic mass is 16.7. The average Bonchev–Trinajstić information content (AvgIpc) is 1.40. The van der Waals surface area contributed by atoms with Gasteiger partial charge in [0.15, 0.2) is 34.5 Å². The summed E-state index contributed by atoms with van der Waals surface area (Å²) in [5.41, 5.74) is 13.2. The number of aromatic hydroxyl groups is 1. The molecule has 0 radical (unpaired) electrons. The SMILES string of the molecule is C.C=CCOC(=O)Oc1c(C)c2c(c3c1CC1[C@H]4c5c(cc(C)c(OC)c5C)C[C@@H]([C@H](C#N)N1[C@H]3CNC(=O)CCc1ccccc1)N4C)OCO2.C=CCOC(=O)Oc1c(C)c2c(c3c1CC1[C@H]4c5c(cc(C)c(OC)c5O)C[C@@H]([C@H](C#N)N1[C@H]3CNC(=O)CCc1ccccc1)N4C)OCO2. The van der Waals surface area contributed by atoms with Crippen molar-refractivity contribution in [2.24, 2.45) is 0 Å². The molecule has 540 valence electrons. The molecular weight excluding hydrogens is 1310 g/mol. The number of nitrogens with zero attached hydrogens (tertiary/aromatic N) is 6. The number of hydrogen-bond donors (Lipinski definition) is 3. The van der Waals surface area contributed by atoms with Gasteiger partial charge in [-0.1, -0.05) is 106 Å². The molecule has 2 saturated heterocycles. The van der Waals surface area contributed by atoms with E-state index in [9.17, 15) is 34.8 Å². The van der Waals surface area contributed by atoms with E-state index in [0.29, 0.717) is 102 Å². The predicted molar refractivity (Wildman–Crippen MR) is 382 cm³/mol. The molecule has 10 atom stereocenters. The molecule has 0 aromatic heterocycles. The molecule has 2 unspecified atom stereocenters. The maximum absolute atomic E-state index is 13.5. The predicted octanol–water partition coefficient (Wildman–Crippen LogP) is 11.2. The first kappa shape index (κ1) is 72.5. The van der Waals surface area contributed by atoms with Crippen LogP contribution in [0, 0.1) is 57.3 Å². The Kier molecular flexibility index (Phi) is 21.3. The summed E-state index contributed by atoms with van der Waals surface area (Å²) >= 11 is 0. The van der Waals surface area contributed by atoms with Crippen LogP contribution in [0.25, 0.3) is 0 Å². The quantitative estimate of drug-likeness (QED) is 0.0410. The minimum atomic E-state index is -0.899. The molecule has 0 saturated carbocycles. The smallest absolute Gasteiger partial charge is 0.504 e. The van der Waals surface area contributed by atoms with E-state index >= 15 is 0 Å². The van der Waals surface area contributed by atoms with Gasteiger partial charge in [0.05, 0.1) is 50.5 Å². The second kappa shape index (κ2) is 30.3. The van der Waals surface area contributed by atoms with E-state index in [-0.39, 0.29) is 107 Å². The Hall–Kier alpha value is -10.3. The van der Waals surface area contributed by atoms with Crippen LogP contribution in [-0.2, 0) is 57.6 Å². The van der Waals surface area contributed by atoms with Gasteiger partial charge in [0.25, 0.3) is 0 Å². The number of carbonyl (C=O) groups is 4. The monoisotopic (exact) mass is 1400 g/mol. The summed E-state index contributed by atoms with van der Waals surface area (Å²) in [5, 5.41) is 40.0. The lowest BCUT2D eigenvalue weighted by atomic mass is 9.71. The fraction of sp³-hybridized carbons (Fsp3) is 0.425. The van der Waals surface area contributed by atoms with Gasteiger partial charge < -0.3 is 63.1 Å². The van der Waals surface area contributed by atoms with Crippen LogP contribution in [0.2, 0.25) is 0 Å². The molecule has 0 aliphatic carbocycles. The summed E-state index contributed by atoms with van der Waals surface area (Å²) in [6.07, 6.45) is 4.91. The van der Waals surface area contributed by atoms with Crippen molar-refractivity contribution in [2.75, 3.05) is 68.2 Å². The zero-order chi connectivity index (χ0) is 71.9. The number of fused-ring (bicyclic) bond motifs is 18. The minimum Gasteiger partial charge on any atom is -0.504 e. The third-order valence-electron chi connectivity index (χ3n) is 21.8. The molecule has 23 heteroatoms. The number of nitriles is 2. The molecule has 0 spiro atoms. The second-order valence-electron chi connectivity index (χ2n) is 27.3. The van der Waals surface area contributed by atoms with Crippen LogP contribution in [0.5, 0.6) is 51.7 Å². The molecule has 4 bridgehead atoms. The van der Waals surface area contributed by atoms with Gasteiger partial charge in [0, 0.05) is 89.0 Å². The highest BCUT2D eigenvalue weighted by Crippen LogP contribution is 2.61. The van der Waals surface area contributed by atoms with Crippen molar-refractivity contribution in [2.45, 2.75) is 154 Å². The summed E-state index contributed by atoms with van der Waals surface area (Å²) < 4.78 is 58.2. The number of piperazine rings is 2. The van der Waals surface area contributed by atoms with E-state index in [2.05, 4.69) is 82.5 Å². The molecule has 14 rings (SSSR count). The number of phenols is 1. The van der Waals surface area contributed by atoms with Gasteiger partial charge in [0.1, 0.15) is 42.5 Å². The van der Waals surface area contributed by atoms with Crippen molar-refractivity contribution < 1.29 is 71.7 Å². The van der Waals surface area contributed by atoms with Gasteiger partial charge in [0.2, 0.25) is 25.4 Å². The van der Waals surface area contributed by atoms with E-state index in [1.807, 2.05) is 87.6 Å². The van der Waals surface area contributed by atoms with Crippen LogP contribution >= 0.6 is 0 Å². The van der Waals surface area contributed by atoms with Crippen molar-refractivity contribution in [3.05, 3.63) is 182 Å². The summed E-state index contributed by atoms with van der Waals surface area (Å²) in [5.74, 6) is 3.66. The highest BCUT2D eigenvalue weighted by Gasteiger charge is 2.59. The van der Waals surface area contributed by atoms with Gasteiger partial charge in [-0.15, -0.1) is 0 Å². The zero-order valence-electron chi connectivity index (χ0n) is 59.0. The Balaban J connectivity index is 0.000000192. The first-order valence-electron chi connectivity index (χ1n) is 34.6. The number of rotatable bonds is 18. The summed E-state index contributed by atoms with van der Waals surface area (Å²) in [6.45, 7) is 17.2. The largest absolute Gasteiger partial charge is 0.514 e. The maximum Gasteiger partial charge on any atom is 0.514 e. The number of phenolic OH excluding ortho intramolecular Hbond substituents is 1. The van der Waals surface area contributed by atoms with Gasteiger partial charge in [-0.05, 0) is 132 Å². The van der Waals surface area contributed by atoms with E-state index in [1.165, 1.54) is 30.4 Å². The Morgan fingerprint density at radius 3 is 1.39 bits per heavy atom. The number of methoxy groups -OCH3 is 2. The number of ether oxygens (including phenoxy) is 10. The first-order valence-corrected chi connectivity index (χ1v) is 34.6. The van der Waals surface area contributed by atoms with E-state index in [1.54, 1.807) is 14.0 Å². The number of carbonyl (C=O) groups excluding carboxylic acids is 4. The average molecular weight is 1400 g/mol.